The lowest BCUT2D eigenvalue weighted by atomic mass is 10.1. The van der Waals surface area contributed by atoms with Crippen LogP contribution in [-0.2, 0) is 4.84 Å². The molecule has 0 heterocycles. The molecule has 1 N–H and O–H groups in total. The second-order valence-corrected chi connectivity index (χ2v) is 5.20. The van der Waals surface area contributed by atoms with Crippen LogP contribution in [-0.4, -0.2) is 26.5 Å². The fraction of sp³-hybridized carbons (Fsp3) is 0.500. The lowest BCUT2D eigenvalue weighted by molar-refractivity contribution is 0.214. The number of anilines is 1. The van der Waals surface area contributed by atoms with E-state index in [1.54, 1.807) is 13.3 Å². The molecule has 0 unspecified atom stereocenters. The molecule has 0 bridgehead atoms. The molecule has 4 heteroatoms. The summed E-state index contributed by atoms with van der Waals surface area (Å²) in [5, 5.41) is 7.10. The minimum absolute atomic E-state index is 0.730. The van der Waals surface area contributed by atoms with E-state index in [-0.39, 0.29) is 0 Å². The van der Waals surface area contributed by atoms with E-state index in [0.717, 1.165) is 43.9 Å². The molecule has 0 aliphatic rings. The molecule has 0 saturated carbocycles. The molecule has 0 atom stereocenters. The first kappa shape index (κ1) is 18.1. The van der Waals surface area contributed by atoms with Crippen LogP contribution in [0, 0.1) is 13.8 Å². The maximum atomic E-state index is 5.94. The zero-order chi connectivity index (χ0) is 16.2. The van der Waals surface area contributed by atoms with E-state index < -0.39 is 0 Å². The molecule has 0 radical (unpaired) electrons. The Morgan fingerprint density at radius 2 is 1.91 bits per heavy atom. The molecular formula is C18H28N2O2. The molecule has 0 aliphatic heterocycles. The van der Waals surface area contributed by atoms with Gasteiger partial charge in [-0.05, 0) is 63.3 Å². The van der Waals surface area contributed by atoms with E-state index in [9.17, 15) is 0 Å². The number of hydrogen-bond acceptors (Lipinski definition) is 4. The molecule has 1 rings (SSSR count). The predicted octanol–water partition coefficient (Wildman–Crippen LogP) is 4.47. The van der Waals surface area contributed by atoms with Gasteiger partial charge in [0, 0.05) is 18.4 Å². The largest absolute Gasteiger partial charge is 0.493 e. The minimum Gasteiger partial charge on any atom is -0.493 e. The van der Waals surface area contributed by atoms with Crippen molar-refractivity contribution >= 4 is 11.9 Å². The quantitative estimate of drug-likeness (QED) is 0.300. The number of aryl methyl sites for hydroxylation is 2. The van der Waals surface area contributed by atoms with E-state index in [1.807, 2.05) is 13.0 Å². The van der Waals surface area contributed by atoms with E-state index >= 15 is 0 Å². The Morgan fingerprint density at radius 3 is 2.55 bits per heavy atom. The Morgan fingerprint density at radius 1 is 1.18 bits per heavy atom. The highest BCUT2D eigenvalue weighted by atomic mass is 16.6. The summed E-state index contributed by atoms with van der Waals surface area (Å²) in [7, 11) is 1.56. The van der Waals surface area contributed by atoms with Crippen LogP contribution >= 0.6 is 0 Å². The summed E-state index contributed by atoms with van der Waals surface area (Å²) < 4.78 is 5.94. The Labute approximate surface area is 134 Å². The number of allylic oxidation sites excluding steroid dienone is 1. The highest BCUT2D eigenvalue weighted by molar-refractivity contribution is 5.56. The maximum Gasteiger partial charge on any atom is 0.125 e. The first-order valence-electron chi connectivity index (χ1n) is 7.83. The van der Waals surface area contributed by atoms with Gasteiger partial charge < -0.3 is 14.9 Å². The summed E-state index contributed by atoms with van der Waals surface area (Å²) in [5.41, 5.74) is 3.48. The monoisotopic (exact) mass is 304 g/mol. The summed E-state index contributed by atoms with van der Waals surface area (Å²) in [5.74, 6) is 1.00. The molecule has 0 amide bonds. The van der Waals surface area contributed by atoms with Gasteiger partial charge in [0.25, 0.3) is 0 Å². The molecule has 0 aliphatic carbocycles. The number of nitrogens with one attached hydrogen (secondary N) is 1. The Kier molecular flexibility index (Phi) is 8.80. The van der Waals surface area contributed by atoms with Crippen LogP contribution in [0.2, 0.25) is 0 Å². The average molecular weight is 304 g/mol. The van der Waals surface area contributed by atoms with Gasteiger partial charge in [-0.25, -0.2) is 0 Å². The lowest BCUT2D eigenvalue weighted by Crippen LogP contribution is -2.03. The van der Waals surface area contributed by atoms with E-state index in [1.165, 1.54) is 11.1 Å². The number of nitrogens with zero attached hydrogens (tertiary/aromatic N) is 1. The first-order valence-corrected chi connectivity index (χ1v) is 7.83. The van der Waals surface area contributed by atoms with Crippen molar-refractivity contribution in [2.75, 3.05) is 25.6 Å². The van der Waals surface area contributed by atoms with Crippen LogP contribution < -0.4 is 10.1 Å². The van der Waals surface area contributed by atoms with Crippen LogP contribution in [0.25, 0.3) is 0 Å². The summed E-state index contributed by atoms with van der Waals surface area (Å²) >= 11 is 0. The number of unbranched alkanes of at least 4 members (excludes halogenated alkanes) is 2. The van der Waals surface area contributed by atoms with Crippen LogP contribution in [0.3, 0.4) is 0 Å². The number of rotatable bonds is 10. The third-order valence-electron chi connectivity index (χ3n) is 3.27. The van der Waals surface area contributed by atoms with Crippen molar-refractivity contribution in [1.29, 1.82) is 0 Å². The van der Waals surface area contributed by atoms with E-state index in [0.29, 0.717) is 0 Å². The van der Waals surface area contributed by atoms with Crippen molar-refractivity contribution in [3.8, 4) is 5.75 Å². The van der Waals surface area contributed by atoms with Crippen molar-refractivity contribution in [2.24, 2.45) is 5.16 Å². The van der Waals surface area contributed by atoms with Gasteiger partial charge in [-0.1, -0.05) is 17.3 Å². The zero-order valence-corrected chi connectivity index (χ0v) is 14.2. The third kappa shape index (κ3) is 6.66. The minimum atomic E-state index is 0.730. The van der Waals surface area contributed by atoms with Crippen molar-refractivity contribution < 1.29 is 9.57 Å². The van der Waals surface area contributed by atoms with Gasteiger partial charge in [0.1, 0.15) is 12.9 Å². The van der Waals surface area contributed by atoms with Crippen LogP contribution in [0.5, 0.6) is 5.75 Å². The van der Waals surface area contributed by atoms with E-state index in [2.05, 4.69) is 47.4 Å². The molecular weight excluding hydrogens is 276 g/mol. The average Bonchev–Trinajstić information content (AvgIpc) is 2.49. The third-order valence-corrected chi connectivity index (χ3v) is 3.27. The summed E-state index contributed by atoms with van der Waals surface area (Å²) in [6.07, 6.45) is 8.91. The van der Waals surface area contributed by atoms with Gasteiger partial charge in [0.2, 0.25) is 0 Å². The second kappa shape index (κ2) is 10.7. The maximum absolute atomic E-state index is 5.94. The smallest absolute Gasteiger partial charge is 0.125 e. The topological polar surface area (TPSA) is 42.8 Å². The van der Waals surface area contributed by atoms with Crippen molar-refractivity contribution in [3.63, 3.8) is 0 Å². The Balaban J connectivity index is 2.45. The van der Waals surface area contributed by atoms with Gasteiger partial charge >= 0.3 is 0 Å². The first-order chi connectivity index (χ1) is 10.7. The summed E-state index contributed by atoms with van der Waals surface area (Å²) in [4.78, 5) is 4.62. The molecule has 1 aromatic rings. The van der Waals surface area contributed by atoms with Gasteiger partial charge in [-0.2, -0.15) is 0 Å². The highest BCUT2D eigenvalue weighted by Gasteiger charge is 2.06. The summed E-state index contributed by atoms with van der Waals surface area (Å²) in [6.45, 7) is 7.78. The molecule has 0 saturated heterocycles. The van der Waals surface area contributed by atoms with E-state index in [4.69, 9.17) is 4.74 Å². The number of ether oxygens (including phenoxy) is 1. The van der Waals surface area contributed by atoms with Gasteiger partial charge in [0.15, 0.2) is 0 Å². The number of hydrogen-bond donors (Lipinski definition) is 1. The Bertz CT molecular complexity index is 473. The van der Waals surface area contributed by atoms with Gasteiger partial charge in [-0.15, -0.1) is 0 Å². The molecule has 122 valence electrons. The van der Waals surface area contributed by atoms with Crippen LogP contribution in [0.4, 0.5) is 5.69 Å². The fourth-order valence-electron chi connectivity index (χ4n) is 2.21. The summed E-state index contributed by atoms with van der Waals surface area (Å²) in [6, 6.07) is 4.27. The molecule has 0 aromatic heterocycles. The van der Waals surface area contributed by atoms with Crippen LogP contribution in [0.1, 0.15) is 37.3 Å². The molecule has 4 nitrogen and oxygen atoms in total. The van der Waals surface area contributed by atoms with Crippen molar-refractivity contribution in [3.05, 3.63) is 35.4 Å². The lowest BCUT2D eigenvalue weighted by Gasteiger charge is -2.14. The Hall–Kier alpha value is -1.97. The molecule has 22 heavy (non-hydrogen) atoms. The van der Waals surface area contributed by atoms with Crippen molar-refractivity contribution in [1.82, 2.24) is 0 Å². The van der Waals surface area contributed by atoms with Gasteiger partial charge in [0.05, 0.1) is 6.61 Å². The standard InChI is InChI=1S/C18H28N2O2/c1-5-6-10-19-17-13-15(2)18(16(3)14-17)22-12-9-7-8-11-20-21-4/h5-6,11,13-14,19H,7-10,12H2,1-4H3/b6-5+,20-11+. The fourth-order valence-corrected chi connectivity index (χ4v) is 2.21. The molecule has 0 fully saturated rings. The number of benzene rings is 1. The van der Waals surface area contributed by atoms with Gasteiger partial charge in [-0.3, -0.25) is 0 Å². The SMILES string of the molecule is C/C=C/CNc1cc(C)c(OCCCC/C=N/OC)c(C)c1. The number of oxime groups is 1. The predicted molar refractivity (Wildman–Crippen MR) is 94.1 cm³/mol. The van der Waals surface area contributed by atoms with Crippen LogP contribution in [0.15, 0.2) is 29.4 Å². The zero-order valence-electron chi connectivity index (χ0n) is 14.2. The highest BCUT2D eigenvalue weighted by Crippen LogP contribution is 2.27. The molecule has 0 spiro atoms. The second-order valence-electron chi connectivity index (χ2n) is 5.20. The molecule has 1 aromatic carbocycles. The van der Waals surface area contributed by atoms with Crippen molar-refractivity contribution in [2.45, 2.75) is 40.0 Å². The normalized spacial score (nSPS) is 11.3.